The molecule has 0 spiro atoms. The summed E-state index contributed by atoms with van der Waals surface area (Å²) in [5.74, 6) is -0.461. The van der Waals surface area contributed by atoms with Crippen LogP contribution in [0.1, 0.15) is 32.1 Å². The summed E-state index contributed by atoms with van der Waals surface area (Å²) in [6.45, 7) is 0.118. The number of aliphatic hydroxyl groups excluding tert-OH is 1. The summed E-state index contributed by atoms with van der Waals surface area (Å²) in [6.07, 6.45) is 2.42. The molecule has 0 bridgehead atoms. The molecule has 1 N–H and O–H groups in total. The van der Waals surface area contributed by atoms with E-state index in [2.05, 4.69) is 4.74 Å². The van der Waals surface area contributed by atoms with Gasteiger partial charge in [0.2, 0.25) is 0 Å². The summed E-state index contributed by atoms with van der Waals surface area (Å²) in [4.78, 5) is 22.0. The molecule has 6 heteroatoms. The number of carbonyl (C=O) groups is 2. The third kappa shape index (κ3) is 7.49. The van der Waals surface area contributed by atoms with Crippen LogP contribution in [0.15, 0.2) is 0 Å². The van der Waals surface area contributed by atoms with E-state index in [1.165, 1.54) is 7.11 Å². The SMILES string of the molecule is COC(=O)CCC(=O)[P+](=O)CCCCCO. The summed E-state index contributed by atoms with van der Waals surface area (Å²) >= 11 is 0. The van der Waals surface area contributed by atoms with E-state index in [1.54, 1.807) is 0 Å². The van der Waals surface area contributed by atoms with E-state index in [9.17, 15) is 14.2 Å². The minimum Gasteiger partial charge on any atom is -0.469 e. The van der Waals surface area contributed by atoms with E-state index in [4.69, 9.17) is 5.11 Å². The van der Waals surface area contributed by atoms with Crippen molar-refractivity contribution in [1.29, 1.82) is 0 Å². The van der Waals surface area contributed by atoms with Gasteiger partial charge in [0.25, 0.3) is 0 Å². The molecule has 0 saturated carbocycles. The first-order valence-corrected chi connectivity index (χ1v) is 6.71. The lowest BCUT2D eigenvalue weighted by Gasteiger charge is -1.94. The lowest BCUT2D eigenvalue weighted by molar-refractivity contribution is -0.141. The third-order valence-corrected chi connectivity index (χ3v) is 3.57. The topological polar surface area (TPSA) is 80.7 Å². The number of methoxy groups -OCH3 is 1. The predicted octanol–water partition coefficient (Wildman–Crippen LogP) is 1.46. The number of ether oxygens (including phenoxy) is 1. The van der Waals surface area contributed by atoms with Gasteiger partial charge in [0.1, 0.15) is 0 Å². The van der Waals surface area contributed by atoms with Gasteiger partial charge in [0.15, 0.2) is 6.16 Å². The molecule has 92 valence electrons. The highest BCUT2D eigenvalue weighted by Gasteiger charge is 2.27. The van der Waals surface area contributed by atoms with Gasteiger partial charge in [0.05, 0.1) is 20.0 Å². The van der Waals surface area contributed by atoms with Gasteiger partial charge >= 0.3 is 19.3 Å². The average Bonchev–Trinajstić information content (AvgIpc) is 2.30. The number of hydrogen-bond donors (Lipinski definition) is 1. The van der Waals surface area contributed by atoms with Crippen LogP contribution < -0.4 is 0 Å². The smallest absolute Gasteiger partial charge is 0.414 e. The second kappa shape index (κ2) is 9.43. The zero-order valence-corrected chi connectivity index (χ0v) is 10.4. The lowest BCUT2D eigenvalue weighted by atomic mass is 10.3. The van der Waals surface area contributed by atoms with Crippen LogP contribution >= 0.6 is 7.80 Å². The number of unbranched alkanes of at least 4 members (excludes halogenated alkanes) is 2. The molecule has 1 atom stereocenters. The number of rotatable bonds is 9. The van der Waals surface area contributed by atoms with Crippen molar-refractivity contribution < 1.29 is 24.0 Å². The molecule has 0 aromatic rings. The Kier molecular flexibility index (Phi) is 8.96. The molecule has 0 aliphatic heterocycles. The molecule has 0 aromatic carbocycles. The highest BCUT2D eigenvalue weighted by molar-refractivity contribution is 7.63. The van der Waals surface area contributed by atoms with Crippen LogP contribution in [0.25, 0.3) is 0 Å². The van der Waals surface area contributed by atoms with Gasteiger partial charge in [-0.3, -0.25) is 4.79 Å². The van der Waals surface area contributed by atoms with Gasteiger partial charge in [0, 0.05) is 6.61 Å². The van der Waals surface area contributed by atoms with Crippen LogP contribution in [0.2, 0.25) is 0 Å². The average molecular weight is 249 g/mol. The number of aliphatic hydroxyl groups is 1. The van der Waals surface area contributed by atoms with Crippen LogP contribution in [0, 0.1) is 0 Å². The van der Waals surface area contributed by atoms with Crippen molar-refractivity contribution in [2.24, 2.45) is 0 Å². The van der Waals surface area contributed by atoms with E-state index >= 15 is 0 Å². The molecule has 0 aliphatic carbocycles. The molecule has 0 amide bonds. The Balaban J connectivity index is 3.65. The summed E-state index contributed by atoms with van der Waals surface area (Å²) in [5, 5.41) is 8.52. The fraction of sp³-hybridized carbons (Fsp3) is 0.800. The Labute approximate surface area is 96.0 Å². The molecule has 1 unspecified atom stereocenters. The molecule has 0 aliphatic rings. The minimum absolute atomic E-state index is 0.00690. The normalized spacial score (nSPS) is 11.0. The van der Waals surface area contributed by atoms with Crippen molar-refractivity contribution in [2.75, 3.05) is 19.9 Å². The fourth-order valence-corrected chi connectivity index (χ4v) is 2.23. The molecular formula is C10H18O5P+. The van der Waals surface area contributed by atoms with E-state index in [0.717, 1.165) is 6.42 Å². The number of carbonyl (C=O) groups excluding carboxylic acids is 2. The Morgan fingerprint density at radius 3 is 2.44 bits per heavy atom. The predicted molar refractivity (Wildman–Crippen MR) is 59.7 cm³/mol. The highest BCUT2D eigenvalue weighted by atomic mass is 31.1. The molecule has 0 fully saturated rings. The first kappa shape index (κ1) is 15.2. The molecule has 0 aromatic heterocycles. The van der Waals surface area contributed by atoms with Crippen molar-refractivity contribution in [3.05, 3.63) is 0 Å². The third-order valence-electron chi connectivity index (χ3n) is 2.07. The maximum absolute atomic E-state index is 11.4. The first-order valence-electron chi connectivity index (χ1n) is 5.27. The molecular weight excluding hydrogens is 231 g/mol. The fourth-order valence-electron chi connectivity index (χ4n) is 1.10. The van der Waals surface area contributed by atoms with Crippen molar-refractivity contribution >= 4 is 19.3 Å². The summed E-state index contributed by atoms with van der Waals surface area (Å²) in [6, 6.07) is 0. The zero-order chi connectivity index (χ0) is 12.4. The van der Waals surface area contributed by atoms with Crippen molar-refractivity contribution in [3.8, 4) is 0 Å². The van der Waals surface area contributed by atoms with Crippen LogP contribution in [0.3, 0.4) is 0 Å². The number of hydrogen-bond acceptors (Lipinski definition) is 5. The molecule has 0 saturated heterocycles. The molecule has 0 radical (unpaired) electrons. The number of esters is 1. The van der Waals surface area contributed by atoms with Crippen LogP contribution in [0.4, 0.5) is 0 Å². The van der Waals surface area contributed by atoms with E-state index in [0.29, 0.717) is 19.0 Å². The second-order valence-electron chi connectivity index (χ2n) is 3.36. The standard InChI is InChI=1S/C10H18O5P/c1-15-9(12)5-6-10(13)16(14)8-4-2-3-7-11/h11H,2-8H2,1H3/q+1. The Morgan fingerprint density at radius 2 is 1.88 bits per heavy atom. The lowest BCUT2D eigenvalue weighted by Crippen LogP contribution is -2.03. The van der Waals surface area contributed by atoms with E-state index in [-0.39, 0.29) is 25.0 Å². The Morgan fingerprint density at radius 1 is 1.19 bits per heavy atom. The van der Waals surface area contributed by atoms with Gasteiger partial charge < -0.3 is 9.84 Å². The summed E-state index contributed by atoms with van der Waals surface area (Å²) in [7, 11) is -0.621. The van der Waals surface area contributed by atoms with E-state index < -0.39 is 13.8 Å². The molecule has 5 nitrogen and oxygen atoms in total. The maximum Gasteiger partial charge on any atom is 0.414 e. The van der Waals surface area contributed by atoms with Crippen LogP contribution in [0.5, 0.6) is 0 Å². The maximum atomic E-state index is 11.4. The molecule has 0 heterocycles. The van der Waals surface area contributed by atoms with Crippen LogP contribution in [-0.2, 0) is 18.9 Å². The molecule has 0 rings (SSSR count). The monoisotopic (exact) mass is 249 g/mol. The van der Waals surface area contributed by atoms with Crippen LogP contribution in [-0.4, -0.2) is 36.5 Å². The second-order valence-corrected chi connectivity index (χ2v) is 5.06. The Hall–Kier alpha value is -0.800. The molecule has 16 heavy (non-hydrogen) atoms. The minimum atomic E-state index is -1.87. The largest absolute Gasteiger partial charge is 0.469 e. The van der Waals surface area contributed by atoms with Crippen molar-refractivity contribution in [2.45, 2.75) is 32.1 Å². The highest BCUT2D eigenvalue weighted by Crippen LogP contribution is 2.26. The van der Waals surface area contributed by atoms with E-state index in [1.807, 2.05) is 0 Å². The van der Waals surface area contributed by atoms with Gasteiger partial charge in [-0.15, -0.1) is 0 Å². The van der Waals surface area contributed by atoms with Crippen molar-refractivity contribution in [3.63, 3.8) is 0 Å². The van der Waals surface area contributed by atoms with Crippen molar-refractivity contribution in [1.82, 2.24) is 0 Å². The van der Waals surface area contributed by atoms with Gasteiger partial charge in [-0.25, -0.2) is 4.79 Å². The Bertz CT molecular complexity index is 252. The summed E-state index contributed by atoms with van der Waals surface area (Å²) in [5.41, 5.74) is -0.371. The quantitative estimate of drug-likeness (QED) is 0.380. The van der Waals surface area contributed by atoms with Gasteiger partial charge in [-0.2, -0.15) is 0 Å². The van der Waals surface area contributed by atoms with Gasteiger partial charge in [-0.05, 0) is 19.3 Å². The zero-order valence-electron chi connectivity index (χ0n) is 9.48. The summed E-state index contributed by atoms with van der Waals surface area (Å²) < 4.78 is 15.8. The van der Waals surface area contributed by atoms with Gasteiger partial charge in [-0.1, -0.05) is 4.57 Å². The first-order chi connectivity index (χ1) is 7.61.